The average molecular weight is 238 g/mol. The molecule has 0 fully saturated rings. The van der Waals surface area contributed by atoms with Crippen LogP contribution in [0.25, 0.3) is 10.6 Å². The van der Waals surface area contributed by atoms with E-state index in [2.05, 4.69) is 41.0 Å². The molecule has 15 heavy (non-hydrogen) atoms. The summed E-state index contributed by atoms with van der Waals surface area (Å²) in [6, 6.07) is 2.64. The van der Waals surface area contributed by atoms with Gasteiger partial charge in [0.1, 0.15) is 5.01 Å². The van der Waals surface area contributed by atoms with E-state index in [1.807, 2.05) is 6.20 Å². The third-order valence-corrected chi connectivity index (χ3v) is 3.74. The Morgan fingerprint density at radius 3 is 3.00 bits per heavy atom. The average Bonchev–Trinajstić information content (AvgIpc) is 2.85. The fraction of sp³-hybridized carbons (Fsp3) is 0.364. The zero-order valence-corrected chi connectivity index (χ0v) is 10.5. The van der Waals surface area contributed by atoms with Crippen molar-refractivity contribution in [2.24, 2.45) is 0 Å². The molecular formula is C11H14N2S2. The number of thiazole rings is 1. The third-order valence-electron chi connectivity index (χ3n) is 2.01. The molecule has 0 radical (unpaired) electrons. The van der Waals surface area contributed by atoms with Gasteiger partial charge in [-0.15, -0.1) is 11.3 Å². The van der Waals surface area contributed by atoms with Gasteiger partial charge in [-0.2, -0.15) is 11.3 Å². The van der Waals surface area contributed by atoms with Gasteiger partial charge in [0.25, 0.3) is 0 Å². The standard InChI is InChI=1S/C11H14N2S2/c1-8(2)12-5-10-6-13-11(15-10)9-3-4-14-7-9/h3-4,6-8,12H,5H2,1-2H3. The van der Waals surface area contributed by atoms with Crippen LogP contribution >= 0.6 is 22.7 Å². The molecule has 0 aliphatic carbocycles. The van der Waals surface area contributed by atoms with E-state index in [4.69, 9.17) is 0 Å². The van der Waals surface area contributed by atoms with Gasteiger partial charge in [0, 0.05) is 34.6 Å². The van der Waals surface area contributed by atoms with Crippen molar-refractivity contribution in [2.75, 3.05) is 0 Å². The first kappa shape index (κ1) is 10.8. The van der Waals surface area contributed by atoms with E-state index in [0.717, 1.165) is 11.6 Å². The highest BCUT2D eigenvalue weighted by Gasteiger charge is 2.04. The Kier molecular flexibility index (Phi) is 3.51. The van der Waals surface area contributed by atoms with E-state index < -0.39 is 0 Å². The largest absolute Gasteiger partial charge is 0.310 e. The van der Waals surface area contributed by atoms with Crippen LogP contribution < -0.4 is 5.32 Å². The second-order valence-electron chi connectivity index (χ2n) is 3.68. The molecule has 0 bridgehead atoms. The Balaban J connectivity index is 2.04. The van der Waals surface area contributed by atoms with Gasteiger partial charge in [-0.05, 0) is 11.4 Å². The Labute approximate surface area is 98.0 Å². The minimum atomic E-state index is 0.525. The van der Waals surface area contributed by atoms with Gasteiger partial charge in [0.05, 0.1) is 0 Å². The molecule has 0 spiro atoms. The SMILES string of the molecule is CC(C)NCc1cnc(-c2ccsc2)s1. The summed E-state index contributed by atoms with van der Waals surface area (Å²) in [5, 5.41) is 8.74. The lowest BCUT2D eigenvalue weighted by Gasteiger charge is -2.04. The Hall–Kier alpha value is -0.710. The third kappa shape index (κ3) is 2.87. The summed E-state index contributed by atoms with van der Waals surface area (Å²) in [5.74, 6) is 0. The summed E-state index contributed by atoms with van der Waals surface area (Å²) in [5.41, 5.74) is 1.24. The Morgan fingerprint density at radius 1 is 1.47 bits per heavy atom. The number of hydrogen-bond acceptors (Lipinski definition) is 4. The summed E-state index contributed by atoms with van der Waals surface area (Å²) in [7, 11) is 0. The zero-order chi connectivity index (χ0) is 10.7. The molecule has 0 saturated carbocycles. The van der Waals surface area contributed by atoms with Gasteiger partial charge in [-0.3, -0.25) is 0 Å². The number of nitrogens with one attached hydrogen (secondary N) is 1. The van der Waals surface area contributed by atoms with E-state index in [1.54, 1.807) is 22.7 Å². The maximum absolute atomic E-state index is 4.42. The molecular weight excluding hydrogens is 224 g/mol. The number of aromatic nitrogens is 1. The fourth-order valence-electron chi connectivity index (χ4n) is 1.21. The maximum atomic E-state index is 4.42. The summed E-state index contributed by atoms with van der Waals surface area (Å²) < 4.78 is 0. The van der Waals surface area contributed by atoms with E-state index in [0.29, 0.717) is 6.04 Å². The Morgan fingerprint density at radius 2 is 2.33 bits per heavy atom. The number of hydrogen-bond donors (Lipinski definition) is 1. The molecule has 0 aromatic carbocycles. The van der Waals surface area contributed by atoms with Crippen molar-refractivity contribution in [3.63, 3.8) is 0 Å². The van der Waals surface area contributed by atoms with Gasteiger partial charge in [-0.1, -0.05) is 13.8 Å². The second kappa shape index (κ2) is 4.88. The Bertz CT molecular complexity index is 404. The normalized spacial score (nSPS) is 11.1. The molecule has 0 aliphatic heterocycles. The summed E-state index contributed by atoms with van der Waals surface area (Å²) in [6.45, 7) is 5.22. The van der Waals surface area contributed by atoms with Crippen LogP contribution in [0.4, 0.5) is 0 Å². The van der Waals surface area contributed by atoms with Gasteiger partial charge in [0.15, 0.2) is 0 Å². The van der Waals surface area contributed by atoms with Crippen molar-refractivity contribution in [1.82, 2.24) is 10.3 Å². The molecule has 0 saturated heterocycles. The fourth-order valence-corrected chi connectivity index (χ4v) is 2.79. The molecule has 2 aromatic heterocycles. The molecule has 4 heteroatoms. The van der Waals surface area contributed by atoms with Crippen molar-refractivity contribution in [2.45, 2.75) is 26.4 Å². The van der Waals surface area contributed by atoms with E-state index in [9.17, 15) is 0 Å². The molecule has 2 heterocycles. The highest BCUT2D eigenvalue weighted by atomic mass is 32.1. The van der Waals surface area contributed by atoms with Crippen molar-refractivity contribution in [1.29, 1.82) is 0 Å². The minimum Gasteiger partial charge on any atom is -0.310 e. The highest BCUT2D eigenvalue weighted by molar-refractivity contribution is 7.15. The lowest BCUT2D eigenvalue weighted by molar-refractivity contribution is 0.593. The van der Waals surface area contributed by atoms with Crippen molar-refractivity contribution in [3.8, 4) is 10.6 Å². The van der Waals surface area contributed by atoms with Gasteiger partial charge >= 0.3 is 0 Å². The zero-order valence-electron chi connectivity index (χ0n) is 8.86. The molecule has 0 aliphatic rings. The molecule has 0 atom stereocenters. The lowest BCUT2D eigenvalue weighted by Crippen LogP contribution is -2.21. The molecule has 2 nitrogen and oxygen atoms in total. The van der Waals surface area contributed by atoms with Crippen LogP contribution in [-0.4, -0.2) is 11.0 Å². The number of nitrogens with zero attached hydrogens (tertiary/aromatic N) is 1. The van der Waals surface area contributed by atoms with Crippen LogP contribution in [0.3, 0.4) is 0 Å². The smallest absolute Gasteiger partial charge is 0.124 e. The monoisotopic (exact) mass is 238 g/mol. The lowest BCUT2D eigenvalue weighted by atomic mass is 10.4. The maximum Gasteiger partial charge on any atom is 0.124 e. The first-order valence-corrected chi connectivity index (χ1v) is 6.72. The van der Waals surface area contributed by atoms with Crippen LogP contribution in [0.1, 0.15) is 18.7 Å². The number of rotatable bonds is 4. The molecule has 2 rings (SSSR count). The number of thiophene rings is 1. The summed E-state index contributed by atoms with van der Waals surface area (Å²) in [4.78, 5) is 5.72. The van der Waals surface area contributed by atoms with Gasteiger partial charge < -0.3 is 5.32 Å². The molecule has 0 unspecified atom stereocenters. The first-order chi connectivity index (χ1) is 7.25. The van der Waals surface area contributed by atoms with Crippen LogP contribution in [-0.2, 0) is 6.54 Å². The van der Waals surface area contributed by atoms with E-state index >= 15 is 0 Å². The predicted molar refractivity (Wildman–Crippen MR) is 67.4 cm³/mol. The van der Waals surface area contributed by atoms with Gasteiger partial charge in [-0.25, -0.2) is 4.98 Å². The van der Waals surface area contributed by atoms with Crippen molar-refractivity contribution >= 4 is 22.7 Å². The van der Waals surface area contributed by atoms with Crippen LogP contribution in [0.5, 0.6) is 0 Å². The quantitative estimate of drug-likeness (QED) is 0.883. The second-order valence-corrected chi connectivity index (χ2v) is 5.57. The van der Waals surface area contributed by atoms with Crippen LogP contribution in [0, 0.1) is 0 Å². The minimum absolute atomic E-state index is 0.525. The predicted octanol–water partition coefficient (Wildman–Crippen LogP) is 3.37. The molecule has 1 N–H and O–H groups in total. The molecule has 0 amide bonds. The van der Waals surface area contributed by atoms with Crippen LogP contribution in [0.15, 0.2) is 23.0 Å². The van der Waals surface area contributed by atoms with E-state index in [-0.39, 0.29) is 0 Å². The van der Waals surface area contributed by atoms with Crippen molar-refractivity contribution < 1.29 is 0 Å². The van der Waals surface area contributed by atoms with Gasteiger partial charge in [0.2, 0.25) is 0 Å². The van der Waals surface area contributed by atoms with Crippen LogP contribution in [0.2, 0.25) is 0 Å². The highest BCUT2D eigenvalue weighted by Crippen LogP contribution is 2.26. The van der Waals surface area contributed by atoms with E-state index in [1.165, 1.54) is 10.4 Å². The summed E-state index contributed by atoms with van der Waals surface area (Å²) in [6.07, 6.45) is 1.97. The first-order valence-electron chi connectivity index (χ1n) is 4.96. The molecule has 80 valence electrons. The summed E-state index contributed by atoms with van der Waals surface area (Å²) >= 11 is 3.48. The topological polar surface area (TPSA) is 24.9 Å². The molecule has 2 aromatic rings. The van der Waals surface area contributed by atoms with Crippen molar-refractivity contribution in [3.05, 3.63) is 27.9 Å².